The average Bonchev–Trinajstić information content (AvgIpc) is 3.10. The van der Waals surface area contributed by atoms with Gasteiger partial charge in [0.1, 0.15) is 5.82 Å². The van der Waals surface area contributed by atoms with Crippen LogP contribution in [0.3, 0.4) is 0 Å². The average molecular weight is 376 g/mol. The molecule has 0 aliphatic rings. The van der Waals surface area contributed by atoms with Crippen molar-refractivity contribution in [3.8, 4) is 23.1 Å². The van der Waals surface area contributed by atoms with E-state index in [2.05, 4.69) is 26.9 Å². The number of hydrogen-bond donors (Lipinski definition) is 2. The predicted molar refractivity (Wildman–Crippen MR) is 104 cm³/mol. The first kappa shape index (κ1) is 17.0. The Hall–Kier alpha value is -3.40. The quantitative estimate of drug-likeness (QED) is 0.526. The van der Waals surface area contributed by atoms with Gasteiger partial charge in [0.25, 0.3) is 0 Å². The standard InChI is InChI=1S/C20H14ClN5O/c21-16-6-4-14(5-7-16)18-9-17(12-27)26-20(25-18)15(11-24-26)3-1-13-2-8-19(22)23-10-13/h2,4-11,27H,12H2,(H2,22,23). The number of nitrogens with zero attached hydrogens (tertiary/aromatic N) is 4. The van der Waals surface area contributed by atoms with Crippen LogP contribution in [0.15, 0.2) is 54.9 Å². The number of anilines is 1. The zero-order chi connectivity index (χ0) is 18.8. The van der Waals surface area contributed by atoms with Gasteiger partial charge in [0.15, 0.2) is 5.65 Å². The van der Waals surface area contributed by atoms with Gasteiger partial charge in [0.2, 0.25) is 0 Å². The highest BCUT2D eigenvalue weighted by molar-refractivity contribution is 6.30. The summed E-state index contributed by atoms with van der Waals surface area (Å²) in [5.74, 6) is 6.54. The van der Waals surface area contributed by atoms with Crippen molar-refractivity contribution < 1.29 is 5.11 Å². The number of hydrogen-bond acceptors (Lipinski definition) is 5. The number of benzene rings is 1. The van der Waals surface area contributed by atoms with Crippen LogP contribution >= 0.6 is 11.6 Å². The molecule has 0 saturated heterocycles. The lowest BCUT2D eigenvalue weighted by Crippen LogP contribution is -2.02. The third-order valence-corrected chi connectivity index (χ3v) is 4.23. The minimum atomic E-state index is -0.171. The molecule has 3 heterocycles. The first-order valence-corrected chi connectivity index (χ1v) is 8.50. The van der Waals surface area contributed by atoms with Crippen molar-refractivity contribution in [1.29, 1.82) is 0 Å². The zero-order valence-electron chi connectivity index (χ0n) is 14.1. The number of halogens is 1. The molecular weight excluding hydrogens is 362 g/mol. The van der Waals surface area contributed by atoms with E-state index in [4.69, 9.17) is 17.3 Å². The summed E-state index contributed by atoms with van der Waals surface area (Å²) in [7, 11) is 0. The smallest absolute Gasteiger partial charge is 0.171 e. The van der Waals surface area contributed by atoms with Gasteiger partial charge in [-0.15, -0.1) is 0 Å². The fraction of sp³-hybridized carbons (Fsp3) is 0.0500. The summed E-state index contributed by atoms with van der Waals surface area (Å²) in [5.41, 5.74) is 9.76. The molecule has 0 saturated carbocycles. The van der Waals surface area contributed by atoms with Gasteiger partial charge in [0.05, 0.1) is 29.8 Å². The number of nitrogen functional groups attached to an aromatic ring is 1. The summed E-state index contributed by atoms with van der Waals surface area (Å²) in [6.07, 6.45) is 3.24. The Bertz CT molecular complexity index is 1170. The highest BCUT2D eigenvalue weighted by atomic mass is 35.5. The lowest BCUT2D eigenvalue weighted by Gasteiger charge is -2.06. The molecule has 7 heteroatoms. The van der Waals surface area contributed by atoms with E-state index in [0.717, 1.165) is 11.1 Å². The number of fused-ring (bicyclic) bond motifs is 1. The molecule has 0 amide bonds. The molecule has 3 aromatic heterocycles. The van der Waals surface area contributed by atoms with Crippen LogP contribution < -0.4 is 5.73 Å². The first-order chi connectivity index (χ1) is 13.1. The van der Waals surface area contributed by atoms with Crippen LogP contribution in [0.2, 0.25) is 5.02 Å². The van der Waals surface area contributed by atoms with Crippen molar-refractivity contribution in [2.45, 2.75) is 6.61 Å². The van der Waals surface area contributed by atoms with E-state index in [1.807, 2.05) is 12.1 Å². The molecular formula is C20H14ClN5O. The molecule has 0 fully saturated rings. The van der Waals surface area contributed by atoms with Crippen LogP contribution in [0.5, 0.6) is 0 Å². The first-order valence-electron chi connectivity index (χ1n) is 8.12. The second-order valence-corrected chi connectivity index (χ2v) is 6.25. The molecule has 0 radical (unpaired) electrons. The number of nitrogens with two attached hydrogens (primary N) is 1. The summed E-state index contributed by atoms with van der Waals surface area (Å²) >= 11 is 5.96. The minimum Gasteiger partial charge on any atom is -0.390 e. The van der Waals surface area contributed by atoms with E-state index in [0.29, 0.717) is 33.4 Å². The summed E-state index contributed by atoms with van der Waals surface area (Å²) < 4.78 is 1.59. The Morgan fingerprint density at radius 1 is 1.07 bits per heavy atom. The monoisotopic (exact) mass is 375 g/mol. The molecule has 6 nitrogen and oxygen atoms in total. The van der Waals surface area contributed by atoms with Gasteiger partial charge in [-0.3, -0.25) is 0 Å². The maximum atomic E-state index is 9.73. The van der Waals surface area contributed by atoms with E-state index in [9.17, 15) is 5.11 Å². The SMILES string of the molecule is Nc1ccc(C#Cc2cnn3c(CO)cc(-c4ccc(Cl)cc4)nc23)cn1. The van der Waals surface area contributed by atoms with Gasteiger partial charge in [-0.25, -0.2) is 14.5 Å². The normalized spacial score (nSPS) is 10.6. The predicted octanol–water partition coefficient (Wildman–Crippen LogP) is 2.92. The summed E-state index contributed by atoms with van der Waals surface area (Å²) in [6.45, 7) is -0.171. The van der Waals surface area contributed by atoms with Crippen LogP contribution in [0.4, 0.5) is 5.82 Å². The van der Waals surface area contributed by atoms with E-state index in [1.54, 1.807) is 47.2 Å². The van der Waals surface area contributed by atoms with Gasteiger partial charge < -0.3 is 10.8 Å². The summed E-state index contributed by atoms with van der Waals surface area (Å²) in [4.78, 5) is 8.70. The Morgan fingerprint density at radius 3 is 2.59 bits per heavy atom. The maximum Gasteiger partial charge on any atom is 0.171 e. The lowest BCUT2D eigenvalue weighted by atomic mass is 10.1. The van der Waals surface area contributed by atoms with Crippen LogP contribution in [0, 0.1) is 11.8 Å². The molecule has 0 unspecified atom stereocenters. The molecule has 0 aliphatic carbocycles. The molecule has 0 aliphatic heterocycles. The highest BCUT2D eigenvalue weighted by Gasteiger charge is 2.11. The molecule has 0 bridgehead atoms. The second-order valence-electron chi connectivity index (χ2n) is 5.81. The van der Waals surface area contributed by atoms with Crippen molar-refractivity contribution in [2.24, 2.45) is 0 Å². The summed E-state index contributed by atoms with van der Waals surface area (Å²) in [6, 6.07) is 12.6. The minimum absolute atomic E-state index is 0.171. The maximum absolute atomic E-state index is 9.73. The van der Waals surface area contributed by atoms with Crippen LogP contribution in [-0.4, -0.2) is 24.7 Å². The fourth-order valence-electron chi connectivity index (χ4n) is 2.61. The van der Waals surface area contributed by atoms with Crippen molar-refractivity contribution >= 4 is 23.1 Å². The van der Waals surface area contributed by atoms with E-state index in [-0.39, 0.29) is 6.61 Å². The Kier molecular flexibility index (Phi) is 4.47. The number of pyridine rings is 1. The zero-order valence-corrected chi connectivity index (χ0v) is 14.9. The van der Waals surface area contributed by atoms with Gasteiger partial charge in [-0.1, -0.05) is 35.6 Å². The molecule has 27 heavy (non-hydrogen) atoms. The second kappa shape index (κ2) is 7.08. The summed E-state index contributed by atoms with van der Waals surface area (Å²) in [5, 5.41) is 14.7. The molecule has 1 aromatic carbocycles. The molecule has 0 spiro atoms. The van der Waals surface area contributed by atoms with E-state index < -0.39 is 0 Å². The van der Waals surface area contributed by atoms with Crippen molar-refractivity contribution in [3.63, 3.8) is 0 Å². The third-order valence-electron chi connectivity index (χ3n) is 3.98. The number of aliphatic hydroxyl groups is 1. The topological polar surface area (TPSA) is 89.3 Å². The van der Waals surface area contributed by atoms with Gasteiger partial charge >= 0.3 is 0 Å². The Balaban J connectivity index is 1.82. The fourth-order valence-corrected chi connectivity index (χ4v) is 2.74. The van der Waals surface area contributed by atoms with Crippen LogP contribution in [0.25, 0.3) is 16.9 Å². The molecule has 132 valence electrons. The molecule has 0 atom stereocenters. The Labute approximate surface area is 160 Å². The van der Waals surface area contributed by atoms with Crippen LogP contribution in [0.1, 0.15) is 16.8 Å². The molecule has 3 N–H and O–H groups in total. The number of aromatic nitrogens is 4. The van der Waals surface area contributed by atoms with E-state index >= 15 is 0 Å². The highest BCUT2D eigenvalue weighted by Crippen LogP contribution is 2.23. The van der Waals surface area contributed by atoms with Gasteiger partial charge in [0, 0.05) is 22.3 Å². The number of aliphatic hydroxyl groups excluding tert-OH is 1. The lowest BCUT2D eigenvalue weighted by molar-refractivity contribution is 0.273. The third kappa shape index (κ3) is 3.47. The van der Waals surface area contributed by atoms with Gasteiger partial charge in [-0.2, -0.15) is 5.10 Å². The molecule has 4 aromatic rings. The largest absolute Gasteiger partial charge is 0.390 e. The Morgan fingerprint density at radius 2 is 1.89 bits per heavy atom. The van der Waals surface area contributed by atoms with Crippen molar-refractivity contribution in [3.05, 3.63) is 76.7 Å². The molecule has 4 rings (SSSR count). The van der Waals surface area contributed by atoms with Crippen molar-refractivity contribution in [1.82, 2.24) is 19.6 Å². The van der Waals surface area contributed by atoms with Crippen LogP contribution in [-0.2, 0) is 6.61 Å². The van der Waals surface area contributed by atoms with E-state index in [1.165, 1.54) is 0 Å². The van der Waals surface area contributed by atoms with Crippen molar-refractivity contribution in [2.75, 3.05) is 5.73 Å². The number of rotatable bonds is 2. The van der Waals surface area contributed by atoms with Gasteiger partial charge in [-0.05, 0) is 30.3 Å².